The Morgan fingerprint density at radius 1 is 1.21 bits per heavy atom. The maximum atomic E-state index is 11.9. The number of rotatable bonds is 0. The van der Waals surface area contributed by atoms with E-state index in [9.17, 15) is 4.79 Å². The first-order valence-corrected chi connectivity index (χ1v) is 5.82. The summed E-state index contributed by atoms with van der Waals surface area (Å²) in [5.74, 6) is 0.731. The van der Waals surface area contributed by atoms with E-state index in [4.69, 9.17) is 0 Å². The van der Waals surface area contributed by atoms with Crippen LogP contribution in [0.1, 0.15) is 52.9 Å². The van der Waals surface area contributed by atoms with Crippen molar-refractivity contribution < 1.29 is 4.79 Å². The lowest BCUT2D eigenvalue weighted by Crippen LogP contribution is -2.46. The highest BCUT2D eigenvalue weighted by Gasteiger charge is 2.54. The Labute approximate surface area is 86.5 Å². The highest BCUT2D eigenvalue weighted by Crippen LogP contribution is 2.47. The number of carbonyl (C=O) groups is 1. The van der Waals surface area contributed by atoms with E-state index in [1.807, 2.05) is 0 Å². The lowest BCUT2D eigenvalue weighted by atomic mass is 9.67. The fourth-order valence-electron chi connectivity index (χ4n) is 3.12. The number of hydrogen-bond acceptors (Lipinski definition) is 1. The molecule has 1 amide bonds. The predicted molar refractivity (Wildman–Crippen MR) is 56.9 cm³/mol. The minimum Gasteiger partial charge on any atom is -0.350 e. The molecule has 0 aromatic carbocycles. The summed E-state index contributed by atoms with van der Waals surface area (Å²) in [7, 11) is 0. The first-order valence-electron chi connectivity index (χ1n) is 5.82. The molecule has 1 unspecified atom stereocenters. The summed E-state index contributed by atoms with van der Waals surface area (Å²) in [5.41, 5.74) is -0.0316. The van der Waals surface area contributed by atoms with E-state index in [1.165, 1.54) is 32.1 Å². The third-order valence-electron chi connectivity index (χ3n) is 4.60. The lowest BCUT2D eigenvalue weighted by Gasteiger charge is -2.39. The van der Waals surface area contributed by atoms with Gasteiger partial charge in [0, 0.05) is 11.0 Å². The molecule has 2 rings (SSSR count). The Kier molecular flexibility index (Phi) is 2.13. The molecule has 0 radical (unpaired) electrons. The Balaban J connectivity index is 2.26. The van der Waals surface area contributed by atoms with Crippen LogP contribution in [0.25, 0.3) is 0 Å². The van der Waals surface area contributed by atoms with Crippen LogP contribution in [0, 0.1) is 11.3 Å². The molecule has 2 aliphatic rings. The van der Waals surface area contributed by atoms with E-state index in [0.717, 1.165) is 0 Å². The second kappa shape index (κ2) is 2.98. The Bertz CT molecular complexity index is 251. The van der Waals surface area contributed by atoms with Gasteiger partial charge in [0.05, 0.1) is 0 Å². The van der Waals surface area contributed by atoms with Gasteiger partial charge in [-0.05, 0) is 18.8 Å². The zero-order valence-electron chi connectivity index (χ0n) is 9.52. The number of amides is 1. The van der Waals surface area contributed by atoms with Crippen molar-refractivity contribution in [3.63, 3.8) is 0 Å². The summed E-state index contributed by atoms with van der Waals surface area (Å²) < 4.78 is 0. The molecule has 1 spiro atoms. The first kappa shape index (κ1) is 10.0. The molecule has 1 aliphatic carbocycles. The monoisotopic (exact) mass is 195 g/mol. The molecular weight excluding hydrogens is 174 g/mol. The average Bonchev–Trinajstić information content (AvgIpc) is 2.31. The van der Waals surface area contributed by atoms with E-state index in [0.29, 0.717) is 5.92 Å². The summed E-state index contributed by atoms with van der Waals surface area (Å²) in [6, 6.07) is 0. The van der Waals surface area contributed by atoms with Crippen LogP contribution in [-0.4, -0.2) is 11.4 Å². The van der Waals surface area contributed by atoms with Crippen molar-refractivity contribution in [1.29, 1.82) is 0 Å². The SMILES string of the molecule is CC1C2(CCCCC2)NC(=O)C1(C)C. The van der Waals surface area contributed by atoms with Gasteiger partial charge in [-0.25, -0.2) is 0 Å². The smallest absolute Gasteiger partial charge is 0.226 e. The van der Waals surface area contributed by atoms with Crippen LogP contribution < -0.4 is 5.32 Å². The molecule has 14 heavy (non-hydrogen) atoms. The number of carbonyl (C=O) groups excluding carboxylic acids is 1. The summed E-state index contributed by atoms with van der Waals surface area (Å²) in [6.07, 6.45) is 6.26. The van der Waals surface area contributed by atoms with Crippen molar-refractivity contribution in [2.24, 2.45) is 11.3 Å². The van der Waals surface area contributed by atoms with Crippen molar-refractivity contribution in [2.75, 3.05) is 0 Å². The summed E-state index contributed by atoms with van der Waals surface area (Å²) in [5, 5.41) is 3.27. The Morgan fingerprint density at radius 3 is 2.21 bits per heavy atom. The average molecular weight is 195 g/mol. The van der Waals surface area contributed by atoms with E-state index in [-0.39, 0.29) is 16.9 Å². The molecule has 1 atom stereocenters. The van der Waals surface area contributed by atoms with Gasteiger partial charge in [-0.3, -0.25) is 4.79 Å². The molecule has 0 bridgehead atoms. The van der Waals surface area contributed by atoms with Crippen LogP contribution in [-0.2, 0) is 4.79 Å². The molecule has 1 heterocycles. The van der Waals surface area contributed by atoms with Gasteiger partial charge in [0.25, 0.3) is 0 Å². The molecule has 1 N–H and O–H groups in total. The second-order valence-electron chi connectivity index (χ2n) is 5.61. The van der Waals surface area contributed by atoms with Crippen molar-refractivity contribution in [1.82, 2.24) is 5.32 Å². The summed E-state index contributed by atoms with van der Waals surface area (Å²) in [6.45, 7) is 6.40. The van der Waals surface area contributed by atoms with Gasteiger partial charge in [0.2, 0.25) is 5.91 Å². The number of nitrogens with one attached hydrogen (secondary N) is 1. The molecule has 2 heteroatoms. The van der Waals surface area contributed by atoms with Gasteiger partial charge in [-0.2, -0.15) is 0 Å². The fraction of sp³-hybridized carbons (Fsp3) is 0.917. The Morgan fingerprint density at radius 2 is 1.79 bits per heavy atom. The molecule has 2 fully saturated rings. The first-order chi connectivity index (χ1) is 6.49. The highest BCUT2D eigenvalue weighted by molar-refractivity contribution is 5.85. The summed E-state index contributed by atoms with van der Waals surface area (Å²) >= 11 is 0. The third kappa shape index (κ3) is 1.19. The predicted octanol–water partition coefficient (Wildman–Crippen LogP) is 2.48. The van der Waals surface area contributed by atoms with Crippen LogP contribution in [0.15, 0.2) is 0 Å². The van der Waals surface area contributed by atoms with E-state index in [1.54, 1.807) is 0 Å². The molecule has 1 saturated carbocycles. The van der Waals surface area contributed by atoms with Gasteiger partial charge < -0.3 is 5.32 Å². The van der Waals surface area contributed by atoms with Gasteiger partial charge in [-0.15, -0.1) is 0 Å². The lowest BCUT2D eigenvalue weighted by molar-refractivity contribution is -0.127. The standard InChI is InChI=1S/C12H21NO/c1-9-11(2,3)10(14)13-12(9)7-5-4-6-8-12/h9H,4-8H2,1-3H3,(H,13,14). The van der Waals surface area contributed by atoms with E-state index in [2.05, 4.69) is 26.1 Å². The van der Waals surface area contributed by atoms with Crippen molar-refractivity contribution >= 4 is 5.91 Å². The number of hydrogen-bond donors (Lipinski definition) is 1. The topological polar surface area (TPSA) is 29.1 Å². The fourth-order valence-corrected chi connectivity index (χ4v) is 3.12. The van der Waals surface area contributed by atoms with Crippen molar-refractivity contribution in [3.8, 4) is 0 Å². The van der Waals surface area contributed by atoms with Gasteiger partial charge in [0.1, 0.15) is 0 Å². The van der Waals surface area contributed by atoms with E-state index >= 15 is 0 Å². The molecule has 1 aliphatic heterocycles. The molecular formula is C12H21NO. The molecule has 1 saturated heterocycles. The zero-order valence-corrected chi connectivity index (χ0v) is 9.52. The van der Waals surface area contributed by atoms with E-state index < -0.39 is 0 Å². The molecule has 0 aromatic rings. The zero-order chi connectivity index (χ0) is 10.4. The molecule has 80 valence electrons. The second-order valence-corrected chi connectivity index (χ2v) is 5.61. The van der Waals surface area contributed by atoms with Gasteiger partial charge >= 0.3 is 0 Å². The molecule has 2 nitrogen and oxygen atoms in total. The third-order valence-corrected chi connectivity index (χ3v) is 4.60. The quantitative estimate of drug-likeness (QED) is 0.632. The van der Waals surface area contributed by atoms with Crippen LogP contribution in [0.3, 0.4) is 0 Å². The minimum absolute atomic E-state index is 0.138. The van der Waals surface area contributed by atoms with Crippen LogP contribution in [0.2, 0.25) is 0 Å². The molecule has 0 aromatic heterocycles. The van der Waals surface area contributed by atoms with Crippen LogP contribution in [0.5, 0.6) is 0 Å². The minimum atomic E-state index is -0.169. The van der Waals surface area contributed by atoms with Crippen LogP contribution >= 0.6 is 0 Å². The van der Waals surface area contributed by atoms with Crippen molar-refractivity contribution in [2.45, 2.75) is 58.4 Å². The highest BCUT2D eigenvalue weighted by atomic mass is 16.2. The van der Waals surface area contributed by atoms with Crippen molar-refractivity contribution in [3.05, 3.63) is 0 Å². The van der Waals surface area contributed by atoms with Gasteiger partial charge in [0.15, 0.2) is 0 Å². The normalized spacial score (nSPS) is 34.5. The summed E-state index contributed by atoms with van der Waals surface area (Å²) in [4.78, 5) is 11.9. The Hall–Kier alpha value is -0.530. The van der Waals surface area contributed by atoms with Crippen LogP contribution in [0.4, 0.5) is 0 Å². The maximum absolute atomic E-state index is 11.9. The maximum Gasteiger partial charge on any atom is 0.226 e. The van der Waals surface area contributed by atoms with Gasteiger partial charge in [-0.1, -0.05) is 40.0 Å². The largest absolute Gasteiger partial charge is 0.350 e.